The van der Waals surface area contributed by atoms with Crippen LogP contribution in [0.15, 0.2) is 182 Å². The Morgan fingerprint density at radius 3 is 1.55 bits per heavy atom. The minimum Gasteiger partial charge on any atom is -0.309 e. The van der Waals surface area contributed by atoms with Crippen LogP contribution in [-0.2, 0) is 5.41 Å². The van der Waals surface area contributed by atoms with Gasteiger partial charge in [0.25, 0.3) is 0 Å². The predicted octanol–water partition coefficient (Wildman–Crippen LogP) is 12.2. The van der Waals surface area contributed by atoms with E-state index in [1.165, 1.54) is 99.5 Å². The zero-order valence-electron chi connectivity index (χ0n) is 27.7. The van der Waals surface area contributed by atoms with E-state index in [0.717, 1.165) is 0 Å². The van der Waals surface area contributed by atoms with Crippen LogP contribution in [0.25, 0.3) is 77.2 Å². The summed E-state index contributed by atoms with van der Waals surface area (Å²) >= 11 is 0. The number of rotatable bonds is 2. The minimum atomic E-state index is -0.387. The van der Waals surface area contributed by atoms with E-state index in [9.17, 15) is 0 Å². The van der Waals surface area contributed by atoms with E-state index >= 15 is 0 Å². The molecule has 236 valence electrons. The number of nitrogens with zero attached hydrogens (tertiary/aromatic N) is 2. The van der Waals surface area contributed by atoms with Gasteiger partial charge >= 0.3 is 0 Å². The topological polar surface area (TPSA) is 9.86 Å². The number of benzene rings is 8. The highest BCUT2D eigenvalue weighted by Gasteiger charge is 2.52. The molecule has 2 heteroatoms. The second kappa shape index (κ2) is 9.74. The average molecular weight is 647 g/mol. The van der Waals surface area contributed by atoms with Crippen molar-refractivity contribution in [1.82, 2.24) is 9.13 Å². The monoisotopic (exact) mass is 646 g/mol. The van der Waals surface area contributed by atoms with Crippen molar-refractivity contribution in [1.29, 1.82) is 0 Å². The Bertz CT molecular complexity index is 3040. The van der Waals surface area contributed by atoms with Crippen LogP contribution in [0, 0.1) is 0 Å². The van der Waals surface area contributed by atoms with Gasteiger partial charge in [-0.2, -0.15) is 0 Å². The molecule has 0 unspecified atom stereocenters. The molecule has 2 aliphatic rings. The van der Waals surface area contributed by atoms with Crippen molar-refractivity contribution in [3.05, 3.63) is 204 Å². The molecule has 2 heterocycles. The van der Waals surface area contributed by atoms with Gasteiger partial charge in [0.15, 0.2) is 0 Å². The summed E-state index contributed by atoms with van der Waals surface area (Å²) in [7, 11) is 0. The van der Waals surface area contributed by atoms with Crippen LogP contribution in [0.2, 0.25) is 0 Å². The van der Waals surface area contributed by atoms with Gasteiger partial charge in [-0.05, 0) is 81.4 Å². The van der Waals surface area contributed by atoms with Crippen molar-refractivity contribution in [2.45, 2.75) is 5.41 Å². The van der Waals surface area contributed by atoms with Gasteiger partial charge in [0.05, 0.1) is 27.5 Å². The SMILES string of the molecule is c1ccc(-n2c3ccccc3c3cc(-n4c5ccccc5c5ccc6c(c54)-c4ccccc4C64c5ccccc5-c5ccccc54)ccc32)cc1. The van der Waals surface area contributed by atoms with E-state index in [1.807, 2.05) is 0 Å². The Labute approximate surface area is 295 Å². The lowest BCUT2D eigenvalue weighted by molar-refractivity contribution is 0.794. The van der Waals surface area contributed by atoms with Crippen LogP contribution in [0.3, 0.4) is 0 Å². The fraction of sp³-hybridized carbons (Fsp3) is 0.0204. The molecule has 0 bridgehead atoms. The summed E-state index contributed by atoms with van der Waals surface area (Å²) < 4.78 is 4.94. The lowest BCUT2D eigenvalue weighted by Gasteiger charge is -2.30. The van der Waals surface area contributed by atoms with E-state index in [1.54, 1.807) is 0 Å². The molecule has 0 amide bonds. The average Bonchev–Trinajstić information content (AvgIpc) is 3.90. The second-order valence-electron chi connectivity index (χ2n) is 14.0. The number of para-hydroxylation sites is 3. The molecular formula is C49H30N2. The lowest BCUT2D eigenvalue weighted by Crippen LogP contribution is -2.25. The van der Waals surface area contributed by atoms with Gasteiger partial charge in [-0.1, -0.05) is 140 Å². The molecule has 0 aliphatic heterocycles. The van der Waals surface area contributed by atoms with Crippen molar-refractivity contribution in [2.24, 2.45) is 0 Å². The van der Waals surface area contributed by atoms with Gasteiger partial charge in [-0.25, -0.2) is 0 Å². The Kier molecular flexibility index (Phi) is 5.20. The molecule has 0 saturated carbocycles. The molecule has 0 saturated heterocycles. The number of aromatic nitrogens is 2. The third-order valence-corrected chi connectivity index (χ3v) is 11.7. The highest BCUT2D eigenvalue weighted by molar-refractivity contribution is 6.17. The second-order valence-corrected chi connectivity index (χ2v) is 14.0. The molecule has 8 aromatic carbocycles. The van der Waals surface area contributed by atoms with Crippen LogP contribution in [0.5, 0.6) is 0 Å². The minimum absolute atomic E-state index is 0.387. The maximum Gasteiger partial charge on any atom is 0.0726 e. The van der Waals surface area contributed by atoms with Crippen molar-refractivity contribution < 1.29 is 0 Å². The molecule has 10 aromatic rings. The smallest absolute Gasteiger partial charge is 0.0726 e. The quantitative estimate of drug-likeness (QED) is 0.177. The first kappa shape index (κ1) is 27.2. The van der Waals surface area contributed by atoms with Crippen molar-refractivity contribution >= 4 is 43.6 Å². The van der Waals surface area contributed by atoms with Crippen LogP contribution in [0.4, 0.5) is 0 Å². The Balaban J connectivity index is 1.23. The van der Waals surface area contributed by atoms with Gasteiger partial charge in [0.1, 0.15) is 0 Å². The summed E-state index contributed by atoms with van der Waals surface area (Å²) in [4.78, 5) is 0. The van der Waals surface area contributed by atoms with E-state index in [-0.39, 0.29) is 5.41 Å². The summed E-state index contributed by atoms with van der Waals surface area (Å²) in [6, 6.07) is 67.6. The molecule has 0 radical (unpaired) electrons. The molecule has 12 rings (SSSR count). The van der Waals surface area contributed by atoms with E-state index in [2.05, 4.69) is 191 Å². The summed E-state index contributed by atoms with van der Waals surface area (Å²) in [5.74, 6) is 0. The van der Waals surface area contributed by atoms with E-state index < -0.39 is 0 Å². The van der Waals surface area contributed by atoms with Crippen LogP contribution in [0.1, 0.15) is 22.3 Å². The molecule has 2 aliphatic carbocycles. The van der Waals surface area contributed by atoms with Gasteiger partial charge in [0.2, 0.25) is 0 Å². The van der Waals surface area contributed by atoms with Gasteiger partial charge in [0, 0.05) is 38.5 Å². The number of hydrogen-bond donors (Lipinski definition) is 0. The molecule has 0 fully saturated rings. The molecule has 2 aromatic heterocycles. The van der Waals surface area contributed by atoms with Crippen molar-refractivity contribution in [2.75, 3.05) is 0 Å². The molecule has 1 spiro atoms. The maximum atomic E-state index is 2.54. The number of hydrogen-bond acceptors (Lipinski definition) is 0. The first-order valence-electron chi connectivity index (χ1n) is 17.8. The fourth-order valence-corrected chi connectivity index (χ4v) is 9.85. The van der Waals surface area contributed by atoms with Crippen LogP contribution >= 0.6 is 0 Å². The molecule has 0 N–H and O–H groups in total. The van der Waals surface area contributed by atoms with Gasteiger partial charge < -0.3 is 9.13 Å². The molecule has 2 nitrogen and oxygen atoms in total. The third-order valence-electron chi connectivity index (χ3n) is 11.7. The van der Waals surface area contributed by atoms with Crippen molar-refractivity contribution in [3.8, 4) is 33.6 Å². The van der Waals surface area contributed by atoms with Crippen LogP contribution < -0.4 is 0 Å². The normalized spacial score (nSPS) is 13.6. The zero-order chi connectivity index (χ0) is 33.3. The predicted molar refractivity (Wildman–Crippen MR) is 211 cm³/mol. The highest BCUT2D eigenvalue weighted by Crippen LogP contribution is 2.64. The van der Waals surface area contributed by atoms with Gasteiger partial charge in [-0.3, -0.25) is 0 Å². The Hall–Kier alpha value is -6.64. The molecule has 51 heavy (non-hydrogen) atoms. The lowest BCUT2D eigenvalue weighted by atomic mass is 9.70. The summed E-state index contributed by atoms with van der Waals surface area (Å²) in [6.07, 6.45) is 0. The fourth-order valence-electron chi connectivity index (χ4n) is 9.85. The Morgan fingerprint density at radius 2 is 0.843 bits per heavy atom. The zero-order valence-corrected chi connectivity index (χ0v) is 27.7. The largest absolute Gasteiger partial charge is 0.309 e. The molecule has 0 atom stereocenters. The number of fused-ring (bicyclic) bond motifs is 17. The van der Waals surface area contributed by atoms with Gasteiger partial charge in [-0.15, -0.1) is 0 Å². The van der Waals surface area contributed by atoms with E-state index in [4.69, 9.17) is 0 Å². The van der Waals surface area contributed by atoms with Crippen molar-refractivity contribution in [3.63, 3.8) is 0 Å². The first-order valence-corrected chi connectivity index (χ1v) is 17.8. The summed E-state index contributed by atoms with van der Waals surface area (Å²) in [5.41, 5.74) is 17.6. The maximum absolute atomic E-state index is 2.54. The summed E-state index contributed by atoms with van der Waals surface area (Å²) in [5, 5.41) is 5.06. The first-order chi connectivity index (χ1) is 25.3. The molecular weight excluding hydrogens is 617 g/mol. The standard InChI is InChI=1S/C49H30N2/c1-2-14-31(15-3-1)50-44-24-12-8-19-36(44)39-30-32(26-29-46(39)50)51-45-25-13-7-18-35(45)37-27-28-43-47(48(37)51)38-20-6-11-23-42(38)49(43)40-21-9-4-16-33(40)34-17-5-10-22-41(34)49/h1-30H. The van der Waals surface area contributed by atoms with E-state index in [0.29, 0.717) is 0 Å². The highest BCUT2D eigenvalue weighted by atomic mass is 15.0. The Morgan fingerprint density at radius 1 is 0.314 bits per heavy atom. The third kappa shape index (κ3) is 3.28. The van der Waals surface area contributed by atoms with Crippen LogP contribution in [-0.4, -0.2) is 9.13 Å². The summed E-state index contributed by atoms with van der Waals surface area (Å²) in [6.45, 7) is 0.